The molecule has 0 aliphatic carbocycles. The van der Waals surface area contributed by atoms with E-state index in [1.807, 2.05) is 41.9 Å². The summed E-state index contributed by atoms with van der Waals surface area (Å²) in [6.45, 7) is 2.69. The molecule has 150 valence electrons. The van der Waals surface area contributed by atoms with Crippen molar-refractivity contribution >= 4 is 11.8 Å². The predicted molar refractivity (Wildman–Crippen MR) is 104 cm³/mol. The molecule has 2 amide bonds. The quantitative estimate of drug-likeness (QED) is 0.666. The van der Waals surface area contributed by atoms with E-state index in [0.29, 0.717) is 18.8 Å². The summed E-state index contributed by atoms with van der Waals surface area (Å²) in [7, 11) is 0. The van der Waals surface area contributed by atoms with Gasteiger partial charge in [0.15, 0.2) is 5.76 Å². The van der Waals surface area contributed by atoms with Gasteiger partial charge in [-0.25, -0.2) is 4.68 Å². The number of aromatic nitrogens is 2. The van der Waals surface area contributed by atoms with E-state index in [2.05, 4.69) is 10.4 Å². The molecule has 2 aromatic heterocycles. The molecule has 1 aromatic carbocycles. The molecule has 8 heteroatoms. The molecule has 29 heavy (non-hydrogen) atoms. The van der Waals surface area contributed by atoms with Crippen molar-refractivity contribution in [3.63, 3.8) is 0 Å². The number of furan rings is 1. The van der Waals surface area contributed by atoms with Crippen molar-refractivity contribution in [1.29, 1.82) is 0 Å². The summed E-state index contributed by atoms with van der Waals surface area (Å²) in [6, 6.07) is 12.9. The molecule has 0 radical (unpaired) electrons. The lowest BCUT2D eigenvalue weighted by molar-refractivity contribution is -0.127. The number of ether oxygens (including phenoxy) is 1. The van der Waals surface area contributed by atoms with Gasteiger partial charge in [0.25, 0.3) is 5.91 Å². The smallest absolute Gasteiger partial charge is 0.284 e. The molecule has 0 saturated carbocycles. The number of hydrogen-bond donors (Lipinski definition) is 2. The minimum Gasteiger partial charge on any atom is -0.454 e. The highest BCUT2D eigenvalue weighted by Gasteiger charge is 2.37. The third-order valence-corrected chi connectivity index (χ3v) is 5.08. The number of amides is 2. The minimum absolute atomic E-state index is 0.0680. The maximum atomic E-state index is 12.8. The van der Waals surface area contributed by atoms with Crippen LogP contribution in [0.25, 0.3) is 5.69 Å². The van der Waals surface area contributed by atoms with Crippen LogP contribution in [0.5, 0.6) is 0 Å². The van der Waals surface area contributed by atoms with Crippen molar-refractivity contribution in [2.45, 2.75) is 26.0 Å². The Labute approximate surface area is 167 Å². The second-order valence-electron chi connectivity index (χ2n) is 6.99. The first-order valence-electron chi connectivity index (χ1n) is 9.42. The Bertz CT molecular complexity index is 1040. The molecule has 1 saturated heterocycles. The first-order valence-corrected chi connectivity index (χ1v) is 9.42. The summed E-state index contributed by atoms with van der Waals surface area (Å²) in [5.74, 6) is -0.593. The Kier molecular flexibility index (Phi) is 5.18. The van der Waals surface area contributed by atoms with Gasteiger partial charge in [0, 0.05) is 12.8 Å². The van der Waals surface area contributed by atoms with Gasteiger partial charge >= 0.3 is 0 Å². The number of benzene rings is 1. The number of primary amides is 1. The van der Waals surface area contributed by atoms with E-state index in [1.165, 1.54) is 6.07 Å². The molecule has 1 aliphatic heterocycles. The van der Waals surface area contributed by atoms with Gasteiger partial charge in [0.1, 0.15) is 11.9 Å². The van der Waals surface area contributed by atoms with Gasteiger partial charge in [-0.05, 0) is 43.2 Å². The molecule has 3 N–H and O–H groups in total. The Morgan fingerprint density at radius 3 is 2.83 bits per heavy atom. The van der Waals surface area contributed by atoms with Crippen molar-refractivity contribution in [3.8, 4) is 5.69 Å². The average molecular weight is 394 g/mol. The molecule has 1 aliphatic rings. The van der Waals surface area contributed by atoms with Crippen molar-refractivity contribution in [1.82, 2.24) is 15.1 Å². The number of nitrogens with zero attached hydrogens (tertiary/aromatic N) is 2. The van der Waals surface area contributed by atoms with Gasteiger partial charge < -0.3 is 20.2 Å². The number of aryl methyl sites for hydroxylation is 1. The molecule has 3 heterocycles. The third-order valence-electron chi connectivity index (χ3n) is 5.08. The molecule has 3 aromatic rings. The number of para-hydroxylation sites is 1. The Balaban J connectivity index is 1.49. The lowest BCUT2D eigenvalue weighted by atomic mass is 9.97. The molecule has 0 spiro atoms. The zero-order valence-corrected chi connectivity index (χ0v) is 16.0. The van der Waals surface area contributed by atoms with E-state index < -0.39 is 12.0 Å². The highest BCUT2D eigenvalue weighted by atomic mass is 16.5. The van der Waals surface area contributed by atoms with Crippen molar-refractivity contribution in [2.24, 2.45) is 11.7 Å². The van der Waals surface area contributed by atoms with Crippen LogP contribution < -0.4 is 11.1 Å². The zero-order valence-electron chi connectivity index (χ0n) is 16.0. The van der Waals surface area contributed by atoms with Gasteiger partial charge in [-0.15, -0.1) is 0 Å². The van der Waals surface area contributed by atoms with E-state index in [-0.39, 0.29) is 24.1 Å². The molecular formula is C21H22N4O4. The van der Waals surface area contributed by atoms with Crippen LogP contribution in [0.4, 0.5) is 0 Å². The maximum absolute atomic E-state index is 12.8. The molecule has 4 rings (SSSR count). The Morgan fingerprint density at radius 1 is 1.24 bits per heavy atom. The number of nitrogens with two attached hydrogens (primary N) is 1. The van der Waals surface area contributed by atoms with E-state index in [1.54, 1.807) is 12.3 Å². The Hall–Kier alpha value is -3.39. The largest absolute Gasteiger partial charge is 0.454 e. The second-order valence-corrected chi connectivity index (χ2v) is 6.99. The fourth-order valence-electron chi connectivity index (χ4n) is 3.59. The number of rotatable bonds is 6. The van der Waals surface area contributed by atoms with E-state index in [0.717, 1.165) is 16.9 Å². The molecule has 0 bridgehead atoms. The first kappa shape index (κ1) is 18.9. The summed E-state index contributed by atoms with van der Waals surface area (Å²) < 4.78 is 13.1. The number of carbonyl (C=O) groups is 2. The number of hydrogen-bond acceptors (Lipinski definition) is 5. The highest BCUT2D eigenvalue weighted by molar-refractivity contribution is 5.89. The van der Waals surface area contributed by atoms with E-state index in [9.17, 15) is 9.59 Å². The van der Waals surface area contributed by atoms with Gasteiger partial charge in [-0.2, -0.15) is 5.10 Å². The lowest BCUT2D eigenvalue weighted by Gasteiger charge is -2.20. The SMILES string of the molecule is Cc1ccccc1-n1nccc1[C@H]1OCC[C@@H]1C(=O)NCc1ccc(C(N)=O)o1. The summed E-state index contributed by atoms with van der Waals surface area (Å²) in [5.41, 5.74) is 8.06. The van der Waals surface area contributed by atoms with Crippen LogP contribution in [-0.4, -0.2) is 28.2 Å². The van der Waals surface area contributed by atoms with Gasteiger partial charge in [-0.3, -0.25) is 9.59 Å². The van der Waals surface area contributed by atoms with Crippen molar-refractivity contribution < 1.29 is 18.7 Å². The van der Waals surface area contributed by atoms with Crippen molar-refractivity contribution in [2.75, 3.05) is 6.61 Å². The van der Waals surface area contributed by atoms with Gasteiger partial charge in [0.2, 0.25) is 5.91 Å². The van der Waals surface area contributed by atoms with Crippen LogP contribution in [0, 0.1) is 12.8 Å². The molecular weight excluding hydrogens is 372 g/mol. The summed E-state index contributed by atoms with van der Waals surface area (Å²) in [5, 5.41) is 7.31. The normalized spacial score (nSPS) is 18.7. The fourth-order valence-corrected chi connectivity index (χ4v) is 3.59. The van der Waals surface area contributed by atoms with E-state index >= 15 is 0 Å². The molecule has 1 fully saturated rings. The van der Waals surface area contributed by atoms with Crippen LogP contribution >= 0.6 is 0 Å². The van der Waals surface area contributed by atoms with Gasteiger partial charge in [-0.1, -0.05) is 18.2 Å². The first-order chi connectivity index (χ1) is 14.0. The summed E-state index contributed by atoms with van der Waals surface area (Å²) in [4.78, 5) is 24.0. The van der Waals surface area contributed by atoms with Crippen LogP contribution in [0.1, 0.15) is 40.1 Å². The lowest BCUT2D eigenvalue weighted by Crippen LogP contribution is -2.32. The summed E-state index contributed by atoms with van der Waals surface area (Å²) in [6.07, 6.45) is 1.93. The highest BCUT2D eigenvalue weighted by Crippen LogP contribution is 2.36. The standard InChI is InChI=1S/C21H22N4O4/c1-13-4-2-3-5-16(13)25-17(8-10-24-25)19-15(9-11-28-19)21(27)23-12-14-6-7-18(29-14)20(22)26/h2-8,10,15,19H,9,11-12H2,1H3,(H2,22,26)(H,23,27)/t15-,19-/m0/s1. The molecule has 0 unspecified atom stereocenters. The fraction of sp³-hybridized carbons (Fsp3) is 0.286. The maximum Gasteiger partial charge on any atom is 0.284 e. The monoisotopic (exact) mass is 394 g/mol. The van der Waals surface area contributed by atoms with E-state index in [4.69, 9.17) is 14.9 Å². The minimum atomic E-state index is -0.642. The average Bonchev–Trinajstić information content (AvgIpc) is 3.45. The van der Waals surface area contributed by atoms with Crippen LogP contribution in [0.2, 0.25) is 0 Å². The van der Waals surface area contributed by atoms with Crippen molar-refractivity contribution in [3.05, 3.63) is 71.4 Å². The van der Waals surface area contributed by atoms with Gasteiger partial charge in [0.05, 0.1) is 23.8 Å². The zero-order chi connectivity index (χ0) is 20.4. The molecule has 2 atom stereocenters. The van der Waals surface area contributed by atoms with Crippen LogP contribution in [0.3, 0.4) is 0 Å². The summed E-state index contributed by atoms with van der Waals surface area (Å²) >= 11 is 0. The molecule has 8 nitrogen and oxygen atoms in total. The topological polar surface area (TPSA) is 112 Å². The van der Waals surface area contributed by atoms with Crippen LogP contribution in [0.15, 0.2) is 53.1 Å². The number of nitrogens with one attached hydrogen (secondary N) is 1. The predicted octanol–water partition coefficient (Wildman–Crippen LogP) is 2.27. The second kappa shape index (κ2) is 7.92. The number of carbonyl (C=O) groups excluding carboxylic acids is 2. The van der Waals surface area contributed by atoms with Crippen LogP contribution in [-0.2, 0) is 16.1 Å². The Morgan fingerprint density at radius 2 is 2.07 bits per heavy atom. The third kappa shape index (κ3) is 3.79.